The van der Waals surface area contributed by atoms with Gasteiger partial charge in [-0.2, -0.15) is 0 Å². The van der Waals surface area contributed by atoms with Gasteiger partial charge in [-0.3, -0.25) is 0 Å². The van der Waals surface area contributed by atoms with Crippen molar-refractivity contribution in [3.8, 4) is 0 Å². The van der Waals surface area contributed by atoms with Crippen molar-refractivity contribution in [2.24, 2.45) is 0 Å². The van der Waals surface area contributed by atoms with E-state index in [9.17, 15) is 9.18 Å². The third-order valence-electron chi connectivity index (χ3n) is 3.12. The number of halogens is 2. The fourth-order valence-corrected chi connectivity index (χ4v) is 3.21. The van der Waals surface area contributed by atoms with Gasteiger partial charge >= 0.3 is 5.97 Å². The molecule has 0 fully saturated rings. The molecule has 22 heavy (non-hydrogen) atoms. The molecule has 0 radical (unpaired) electrons. The molecule has 0 aliphatic heterocycles. The Morgan fingerprint density at radius 3 is 2.59 bits per heavy atom. The van der Waals surface area contributed by atoms with Crippen LogP contribution >= 0.6 is 22.9 Å². The van der Waals surface area contributed by atoms with Crippen LogP contribution in [0.5, 0.6) is 0 Å². The van der Waals surface area contributed by atoms with Crippen LogP contribution in [-0.2, 0) is 13.1 Å². The normalized spacial score (nSPS) is 10.7. The first kappa shape index (κ1) is 16.7. The molecule has 0 aliphatic rings. The highest BCUT2D eigenvalue weighted by atomic mass is 35.5. The molecule has 2 aromatic rings. The van der Waals surface area contributed by atoms with Crippen LogP contribution in [0.15, 0.2) is 24.3 Å². The van der Waals surface area contributed by atoms with Gasteiger partial charge in [-0.1, -0.05) is 11.6 Å². The maximum Gasteiger partial charge on any atom is 0.345 e. The molecule has 0 bridgehead atoms. The highest BCUT2D eigenvalue weighted by molar-refractivity contribution is 7.18. The van der Waals surface area contributed by atoms with Gasteiger partial charge in [0.15, 0.2) is 0 Å². The zero-order valence-corrected chi connectivity index (χ0v) is 13.8. The number of nitrogens with zero attached hydrogens (tertiary/aromatic N) is 1. The zero-order chi connectivity index (χ0) is 16.3. The van der Waals surface area contributed by atoms with E-state index in [0.29, 0.717) is 17.4 Å². The molecule has 0 atom stereocenters. The smallest absolute Gasteiger partial charge is 0.345 e. The molecule has 0 saturated carbocycles. The quantitative estimate of drug-likeness (QED) is 0.842. The maximum atomic E-state index is 13.4. The van der Waals surface area contributed by atoms with Gasteiger partial charge in [-0.05, 0) is 35.4 Å². The highest BCUT2D eigenvalue weighted by Gasteiger charge is 2.12. The van der Waals surface area contributed by atoms with Crippen LogP contribution in [0.25, 0.3) is 0 Å². The lowest BCUT2D eigenvalue weighted by molar-refractivity contribution is 0.0702. The van der Waals surface area contributed by atoms with Crippen molar-refractivity contribution in [1.29, 1.82) is 0 Å². The van der Waals surface area contributed by atoms with Crippen molar-refractivity contribution >= 4 is 34.6 Å². The van der Waals surface area contributed by atoms with Crippen LogP contribution in [0.2, 0.25) is 4.34 Å². The summed E-state index contributed by atoms with van der Waals surface area (Å²) in [5.74, 6) is -1.28. The van der Waals surface area contributed by atoms with Gasteiger partial charge in [0, 0.05) is 32.9 Å². The van der Waals surface area contributed by atoms with Crippen molar-refractivity contribution in [3.63, 3.8) is 0 Å². The number of benzene rings is 1. The van der Waals surface area contributed by atoms with E-state index in [1.54, 1.807) is 12.1 Å². The number of rotatable bonds is 6. The van der Waals surface area contributed by atoms with E-state index >= 15 is 0 Å². The van der Waals surface area contributed by atoms with E-state index in [-0.39, 0.29) is 10.7 Å². The number of anilines is 1. The summed E-state index contributed by atoms with van der Waals surface area (Å²) in [5, 5.41) is 12.1. The zero-order valence-electron chi connectivity index (χ0n) is 12.2. The van der Waals surface area contributed by atoms with Gasteiger partial charge in [0.25, 0.3) is 0 Å². The molecule has 0 saturated heterocycles. The molecule has 0 aliphatic carbocycles. The molecule has 0 unspecified atom stereocenters. The largest absolute Gasteiger partial charge is 0.477 e. The van der Waals surface area contributed by atoms with Crippen molar-refractivity contribution < 1.29 is 14.3 Å². The molecule has 2 N–H and O–H groups in total. The minimum atomic E-state index is -0.988. The van der Waals surface area contributed by atoms with E-state index < -0.39 is 5.97 Å². The molecule has 0 amide bonds. The van der Waals surface area contributed by atoms with Crippen LogP contribution < -0.4 is 10.2 Å². The Morgan fingerprint density at radius 2 is 2.00 bits per heavy atom. The summed E-state index contributed by atoms with van der Waals surface area (Å²) in [5.41, 5.74) is 2.48. The molecule has 4 nitrogen and oxygen atoms in total. The summed E-state index contributed by atoms with van der Waals surface area (Å²) in [7, 11) is 3.79. The Morgan fingerprint density at radius 1 is 1.32 bits per heavy atom. The summed E-state index contributed by atoms with van der Waals surface area (Å²) in [6.07, 6.45) is 0. The fraction of sp³-hybridized carbons (Fsp3) is 0.267. The van der Waals surface area contributed by atoms with E-state index in [1.807, 2.05) is 19.0 Å². The highest BCUT2D eigenvalue weighted by Crippen LogP contribution is 2.28. The molecule has 1 aromatic carbocycles. The second-order valence-corrected chi connectivity index (χ2v) is 6.64. The van der Waals surface area contributed by atoms with Crippen LogP contribution in [0.1, 0.15) is 20.8 Å². The van der Waals surface area contributed by atoms with Crippen molar-refractivity contribution in [2.45, 2.75) is 13.1 Å². The predicted molar refractivity (Wildman–Crippen MR) is 87.6 cm³/mol. The van der Waals surface area contributed by atoms with Crippen LogP contribution in [0.4, 0.5) is 10.1 Å². The predicted octanol–water partition coefficient (Wildman–Crippen LogP) is 3.59. The number of carboxylic acids is 1. The Balaban J connectivity index is 2.05. The summed E-state index contributed by atoms with van der Waals surface area (Å²) in [4.78, 5) is 13.0. The Kier molecular flexibility index (Phi) is 5.39. The topological polar surface area (TPSA) is 52.6 Å². The summed E-state index contributed by atoms with van der Waals surface area (Å²) in [6.45, 7) is 0.881. The number of thiophene rings is 1. The SMILES string of the molecule is CN(C)c1ccc(F)cc1CNCc1cc(C(=O)O)sc1Cl. The molecular formula is C15H16ClFN2O2S. The molecule has 118 valence electrons. The average molecular weight is 343 g/mol. The fourth-order valence-electron chi connectivity index (χ4n) is 2.10. The standard InChI is InChI=1S/C15H16ClFN2O2S/c1-19(2)12-4-3-11(17)5-9(12)7-18-8-10-6-13(15(20)21)22-14(10)16/h3-6,18H,7-8H2,1-2H3,(H,20,21). The average Bonchev–Trinajstić information content (AvgIpc) is 2.80. The van der Waals surface area contributed by atoms with Crippen molar-refractivity contribution in [3.05, 3.63) is 50.4 Å². The van der Waals surface area contributed by atoms with Crippen LogP contribution in [0.3, 0.4) is 0 Å². The van der Waals surface area contributed by atoms with Crippen LogP contribution in [-0.4, -0.2) is 25.2 Å². The van der Waals surface area contributed by atoms with Gasteiger partial charge in [-0.15, -0.1) is 11.3 Å². The first-order valence-corrected chi connectivity index (χ1v) is 7.76. The number of aromatic carboxylic acids is 1. The molecule has 1 aromatic heterocycles. The van der Waals surface area contributed by atoms with Crippen molar-refractivity contribution in [1.82, 2.24) is 5.32 Å². The first-order valence-electron chi connectivity index (χ1n) is 6.56. The number of nitrogens with one attached hydrogen (secondary N) is 1. The van der Waals surface area contributed by atoms with Gasteiger partial charge < -0.3 is 15.3 Å². The number of carbonyl (C=O) groups is 1. The third kappa shape index (κ3) is 3.97. The molecular weight excluding hydrogens is 327 g/mol. The van der Waals surface area contributed by atoms with Gasteiger partial charge in [0.05, 0.1) is 4.34 Å². The van der Waals surface area contributed by atoms with Crippen molar-refractivity contribution in [2.75, 3.05) is 19.0 Å². The second-order valence-electron chi connectivity index (χ2n) is 4.99. The lowest BCUT2D eigenvalue weighted by Gasteiger charge is -2.18. The minimum Gasteiger partial charge on any atom is -0.477 e. The third-order valence-corrected chi connectivity index (χ3v) is 4.55. The lowest BCUT2D eigenvalue weighted by atomic mass is 10.1. The van der Waals surface area contributed by atoms with E-state index in [4.69, 9.17) is 16.7 Å². The van der Waals surface area contributed by atoms with Gasteiger partial charge in [0.2, 0.25) is 0 Å². The van der Waals surface area contributed by atoms with E-state index in [1.165, 1.54) is 12.1 Å². The minimum absolute atomic E-state index is 0.210. The van der Waals surface area contributed by atoms with E-state index in [0.717, 1.165) is 28.2 Å². The summed E-state index contributed by atoms with van der Waals surface area (Å²) < 4.78 is 13.8. The summed E-state index contributed by atoms with van der Waals surface area (Å²) >= 11 is 7.06. The Labute approximate surface area is 137 Å². The maximum absolute atomic E-state index is 13.4. The molecule has 0 spiro atoms. The van der Waals surface area contributed by atoms with Crippen LogP contribution in [0, 0.1) is 5.82 Å². The Hall–Kier alpha value is -1.63. The van der Waals surface area contributed by atoms with Gasteiger partial charge in [-0.25, -0.2) is 9.18 Å². The lowest BCUT2D eigenvalue weighted by Crippen LogP contribution is -2.17. The monoisotopic (exact) mass is 342 g/mol. The first-order chi connectivity index (χ1) is 10.4. The number of hydrogen-bond acceptors (Lipinski definition) is 4. The number of carboxylic acid groups (broad SMARTS) is 1. The van der Waals surface area contributed by atoms with E-state index in [2.05, 4.69) is 5.32 Å². The molecule has 2 rings (SSSR count). The summed E-state index contributed by atoms with van der Waals surface area (Å²) in [6, 6.07) is 6.20. The van der Waals surface area contributed by atoms with Gasteiger partial charge in [0.1, 0.15) is 10.7 Å². The second kappa shape index (κ2) is 7.09. The Bertz CT molecular complexity index is 688. The molecule has 1 heterocycles. The number of hydrogen-bond donors (Lipinski definition) is 2. The molecule has 7 heteroatoms.